The van der Waals surface area contributed by atoms with Gasteiger partial charge in [-0.25, -0.2) is 0 Å². The molecule has 0 aliphatic carbocycles. The van der Waals surface area contributed by atoms with E-state index in [-0.39, 0.29) is 0 Å². The molecular formula is C17H33IN2O. The van der Waals surface area contributed by atoms with E-state index in [0.717, 1.165) is 6.04 Å². The van der Waals surface area contributed by atoms with Gasteiger partial charge in [-0.1, -0.05) is 29.0 Å². The molecule has 3 atom stereocenters. The standard InChI is InChI=1S/C17H33IN2O/c1-15(18)19-11-4-3-7-16(8-5-12-19)20-13-6-9-17(21-2)10-14-20/h15-17H,3-14H2,1-2H3. The van der Waals surface area contributed by atoms with Crippen LogP contribution in [0.5, 0.6) is 0 Å². The van der Waals surface area contributed by atoms with Crippen molar-refractivity contribution in [3.8, 4) is 0 Å². The lowest BCUT2D eigenvalue weighted by atomic mass is 10.0. The van der Waals surface area contributed by atoms with E-state index in [1.54, 1.807) is 0 Å². The van der Waals surface area contributed by atoms with Gasteiger partial charge in [0.05, 0.1) is 10.2 Å². The third-order valence-corrected chi connectivity index (χ3v) is 6.07. The van der Waals surface area contributed by atoms with Crippen molar-refractivity contribution in [1.29, 1.82) is 0 Å². The molecule has 0 N–H and O–H groups in total. The molecule has 2 aliphatic heterocycles. The van der Waals surface area contributed by atoms with Gasteiger partial charge in [-0.2, -0.15) is 0 Å². The van der Waals surface area contributed by atoms with E-state index in [0.29, 0.717) is 10.2 Å². The highest BCUT2D eigenvalue weighted by Gasteiger charge is 2.24. The fraction of sp³-hybridized carbons (Fsp3) is 1.00. The average Bonchev–Trinajstić information content (AvgIpc) is 2.64. The van der Waals surface area contributed by atoms with Gasteiger partial charge < -0.3 is 9.64 Å². The Hall–Kier alpha value is 0.610. The highest BCUT2D eigenvalue weighted by Crippen LogP contribution is 2.23. The first-order chi connectivity index (χ1) is 10.2. The summed E-state index contributed by atoms with van der Waals surface area (Å²) in [5.74, 6) is 0. The van der Waals surface area contributed by atoms with Crippen LogP contribution in [0.2, 0.25) is 0 Å². The molecule has 3 nitrogen and oxygen atoms in total. The molecule has 124 valence electrons. The monoisotopic (exact) mass is 408 g/mol. The normalized spacial score (nSPS) is 32.7. The molecule has 0 aromatic rings. The van der Waals surface area contributed by atoms with Crippen LogP contribution in [0.15, 0.2) is 0 Å². The van der Waals surface area contributed by atoms with Gasteiger partial charge in [0.1, 0.15) is 0 Å². The summed E-state index contributed by atoms with van der Waals surface area (Å²) in [6.45, 7) is 7.44. The minimum Gasteiger partial charge on any atom is -0.381 e. The molecule has 0 saturated carbocycles. The number of methoxy groups -OCH3 is 1. The third-order valence-electron chi connectivity index (χ3n) is 5.28. The second kappa shape index (κ2) is 9.68. The summed E-state index contributed by atoms with van der Waals surface area (Å²) >= 11 is 2.57. The van der Waals surface area contributed by atoms with Crippen LogP contribution in [-0.2, 0) is 4.74 Å². The molecule has 21 heavy (non-hydrogen) atoms. The zero-order chi connectivity index (χ0) is 15.1. The van der Waals surface area contributed by atoms with E-state index < -0.39 is 0 Å². The van der Waals surface area contributed by atoms with Gasteiger partial charge in [-0.15, -0.1) is 0 Å². The molecule has 0 amide bonds. The number of hydrogen-bond donors (Lipinski definition) is 0. The molecular weight excluding hydrogens is 375 g/mol. The van der Waals surface area contributed by atoms with Crippen molar-refractivity contribution in [1.82, 2.24) is 9.80 Å². The molecule has 2 fully saturated rings. The van der Waals surface area contributed by atoms with Gasteiger partial charge in [0.15, 0.2) is 0 Å². The van der Waals surface area contributed by atoms with Crippen molar-refractivity contribution in [3.05, 3.63) is 0 Å². The molecule has 2 heterocycles. The van der Waals surface area contributed by atoms with Gasteiger partial charge in [-0.3, -0.25) is 4.90 Å². The minimum atomic E-state index is 0.502. The molecule has 0 aromatic heterocycles. The summed E-state index contributed by atoms with van der Waals surface area (Å²) in [7, 11) is 1.88. The van der Waals surface area contributed by atoms with E-state index >= 15 is 0 Å². The van der Waals surface area contributed by atoms with Gasteiger partial charge in [-0.05, 0) is 71.5 Å². The smallest absolute Gasteiger partial charge is 0.0589 e. The molecule has 2 saturated heterocycles. The average molecular weight is 408 g/mol. The summed E-state index contributed by atoms with van der Waals surface area (Å²) in [5, 5.41) is 0. The topological polar surface area (TPSA) is 15.7 Å². The van der Waals surface area contributed by atoms with Crippen LogP contribution in [0, 0.1) is 0 Å². The molecule has 0 spiro atoms. The summed E-state index contributed by atoms with van der Waals surface area (Å²) in [6.07, 6.45) is 11.2. The van der Waals surface area contributed by atoms with E-state index in [1.807, 2.05) is 7.11 Å². The summed E-state index contributed by atoms with van der Waals surface area (Å²) in [6, 6.07) is 0.824. The maximum atomic E-state index is 5.58. The number of halogens is 1. The second-order valence-corrected chi connectivity index (χ2v) is 8.53. The second-order valence-electron chi connectivity index (χ2n) is 6.73. The molecule has 2 rings (SSSR count). The highest BCUT2D eigenvalue weighted by atomic mass is 127. The van der Waals surface area contributed by atoms with E-state index in [9.17, 15) is 0 Å². The Balaban J connectivity index is 1.84. The zero-order valence-electron chi connectivity index (χ0n) is 13.9. The van der Waals surface area contributed by atoms with Crippen LogP contribution in [-0.4, -0.2) is 59.3 Å². The van der Waals surface area contributed by atoms with Gasteiger partial charge >= 0.3 is 0 Å². The van der Waals surface area contributed by atoms with Crippen molar-refractivity contribution in [2.24, 2.45) is 0 Å². The predicted octanol–water partition coefficient (Wildman–Crippen LogP) is 3.90. The SMILES string of the molecule is COC1CCCN(C2CCCCN(C(C)I)CCC2)CC1. The first-order valence-electron chi connectivity index (χ1n) is 8.85. The van der Waals surface area contributed by atoms with Crippen molar-refractivity contribution >= 4 is 22.6 Å². The first kappa shape index (κ1) is 18.0. The van der Waals surface area contributed by atoms with Crippen molar-refractivity contribution in [3.63, 3.8) is 0 Å². The Morgan fingerprint density at radius 3 is 2.38 bits per heavy atom. The maximum Gasteiger partial charge on any atom is 0.0589 e. The molecule has 0 radical (unpaired) electrons. The predicted molar refractivity (Wildman–Crippen MR) is 98.1 cm³/mol. The summed E-state index contributed by atoms with van der Waals surface area (Å²) < 4.78 is 6.26. The Morgan fingerprint density at radius 2 is 1.62 bits per heavy atom. The number of hydrogen-bond acceptors (Lipinski definition) is 3. The van der Waals surface area contributed by atoms with E-state index in [2.05, 4.69) is 39.3 Å². The first-order valence-corrected chi connectivity index (χ1v) is 10.1. The number of alkyl halides is 1. The molecule has 2 aliphatic rings. The van der Waals surface area contributed by atoms with Crippen LogP contribution >= 0.6 is 22.6 Å². The largest absolute Gasteiger partial charge is 0.381 e. The number of rotatable bonds is 3. The third kappa shape index (κ3) is 5.96. The van der Waals surface area contributed by atoms with Crippen LogP contribution in [0.25, 0.3) is 0 Å². The lowest BCUT2D eigenvalue weighted by molar-refractivity contribution is 0.0866. The van der Waals surface area contributed by atoms with E-state index in [1.165, 1.54) is 77.5 Å². The van der Waals surface area contributed by atoms with Crippen LogP contribution in [0.3, 0.4) is 0 Å². The lowest BCUT2D eigenvalue weighted by Gasteiger charge is -2.31. The fourth-order valence-electron chi connectivity index (χ4n) is 3.89. The van der Waals surface area contributed by atoms with Crippen molar-refractivity contribution in [2.45, 2.75) is 74.5 Å². The Labute approximate surface area is 144 Å². The molecule has 0 aromatic carbocycles. The summed E-state index contributed by atoms with van der Waals surface area (Å²) in [5.41, 5.74) is 0. The summed E-state index contributed by atoms with van der Waals surface area (Å²) in [4.78, 5) is 5.44. The fourth-order valence-corrected chi connectivity index (χ4v) is 4.45. The van der Waals surface area contributed by atoms with Crippen LogP contribution in [0.1, 0.15) is 58.3 Å². The lowest BCUT2D eigenvalue weighted by Crippen LogP contribution is -2.37. The number of nitrogens with zero attached hydrogens (tertiary/aromatic N) is 2. The zero-order valence-corrected chi connectivity index (χ0v) is 16.1. The number of likely N-dealkylation sites (tertiary alicyclic amines) is 1. The van der Waals surface area contributed by atoms with Gasteiger partial charge in [0.25, 0.3) is 0 Å². The van der Waals surface area contributed by atoms with Crippen LogP contribution in [0.4, 0.5) is 0 Å². The Bertz CT molecular complexity index is 288. The molecule has 0 bridgehead atoms. The maximum absolute atomic E-state index is 5.58. The molecule has 3 unspecified atom stereocenters. The highest BCUT2D eigenvalue weighted by molar-refractivity contribution is 14.1. The minimum absolute atomic E-state index is 0.502. The Morgan fingerprint density at radius 1 is 0.905 bits per heavy atom. The van der Waals surface area contributed by atoms with Crippen LogP contribution < -0.4 is 0 Å². The molecule has 4 heteroatoms. The van der Waals surface area contributed by atoms with Gasteiger partial charge in [0.2, 0.25) is 0 Å². The van der Waals surface area contributed by atoms with E-state index in [4.69, 9.17) is 4.74 Å². The Kier molecular flexibility index (Phi) is 8.28. The number of ether oxygens (including phenoxy) is 1. The van der Waals surface area contributed by atoms with Crippen molar-refractivity contribution in [2.75, 3.05) is 33.3 Å². The quantitative estimate of drug-likeness (QED) is 0.400. The van der Waals surface area contributed by atoms with Gasteiger partial charge in [0, 0.05) is 19.7 Å². The van der Waals surface area contributed by atoms with Crippen molar-refractivity contribution < 1.29 is 4.74 Å².